The van der Waals surface area contributed by atoms with Gasteiger partial charge in [0.05, 0.1) is 26.1 Å². The lowest BCUT2D eigenvalue weighted by atomic mass is 10.0. The molecule has 0 saturated carbocycles. The molecule has 3 rings (SSSR count). The number of nitrogens with zero attached hydrogens (tertiary/aromatic N) is 2. The monoisotopic (exact) mass is 286 g/mol. The first kappa shape index (κ1) is 14.3. The zero-order valence-corrected chi connectivity index (χ0v) is 12.5. The van der Waals surface area contributed by atoms with E-state index < -0.39 is 5.79 Å². The molecule has 0 bridgehead atoms. The summed E-state index contributed by atoms with van der Waals surface area (Å²) < 4.78 is 14.1. The summed E-state index contributed by atoms with van der Waals surface area (Å²) in [6, 6.07) is 8.63. The molecule has 1 aliphatic heterocycles. The molecule has 1 fully saturated rings. The van der Waals surface area contributed by atoms with Crippen molar-refractivity contribution < 1.29 is 9.47 Å². The van der Waals surface area contributed by atoms with Crippen LogP contribution in [0.4, 0.5) is 0 Å². The molecule has 4 nitrogen and oxygen atoms in total. The third-order valence-corrected chi connectivity index (χ3v) is 3.88. The summed E-state index contributed by atoms with van der Waals surface area (Å²) >= 11 is 0. The van der Waals surface area contributed by atoms with Gasteiger partial charge in [-0.3, -0.25) is 0 Å². The third kappa shape index (κ3) is 3.71. The molecule has 21 heavy (non-hydrogen) atoms. The maximum atomic E-state index is 6.02. The quantitative estimate of drug-likeness (QED) is 0.848. The molecule has 0 N–H and O–H groups in total. The molecule has 0 spiro atoms. The van der Waals surface area contributed by atoms with Gasteiger partial charge in [-0.15, -0.1) is 0 Å². The maximum absolute atomic E-state index is 6.02. The van der Waals surface area contributed by atoms with Gasteiger partial charge in [0.15, 0.2) is 5.79 Å². The molecule has 0 atom stereocenters. The van der Waals surface area contributed by atoms with Crippen LogP contribution in [0.5, 0.6) is 0 Å². The number of hydrogen-bond acceptors (Lipinski definition) is 3. The van der Waals surface area contributed by atoms with Crippen LogP contribution in [-0.2, 0) is 22.4 Å². The lowest BCUT2D eigenvalue weighted by molar-refractivity contribution is -0.276. The summed E-state index contributed by atoms with van der Waals surface area (Å²) in [5.41, 5.74) is 2.62. The van der Waals surface area contributed by atoms with Gasteiger partial charge in [-0.05, 0) is 25.3 Å². The Kier molecular flexibility index (Phi) is 4.36. The molecular weight excluding hydrogens is 264 g/mol. The van der Waals surface area contributed by atoms with Crippen LogP contribution in [0.15, 0.2) is 43.0 Å². The van der Waals surface area contributed by atoms with Crippen molar-refractivity contribution in [3.8, 4) is 0 Å². The Morgan fingerprint density at radius 2 is 2.14 bits per heavy atom. The fraction of sp³-hybridized carbons (Fsp3) is 0.471. The fourth-order valence-corrected chi connectivity index (χ4v) is 2.79. The van der Waals surface area contributed by atoms with E-state index in [-0.39, 0.29) is 0 Å². The molecule has 0 unspecified atom stereocenters. The summed E-state index contributed by atoms with van der Waals surface area (Å²) in [4.78, 5) is 4.10. The van der Waals surface area contributed by atoms with E-state index in [1.807, 2.05) is 17.1 Å². The second kappa shape index (κ2) is 6.41. The van der Waals surface area contributed by atoms with Crippen LogP contribution >= 0.6 is 0 Å². The van der Waals surface area contributed by atoms with Gasteiger partial charge >= 0.3 is 0 Å². The number of ether oxygens (including phenoxy) is 2. The van der Waals surface area contributed by atoms with Gasteiger partial charge in [-0.25, -0.2) is 4.98 Å². The lowest BCUT2D eigenvalue weighted by Crippen LogP contribution is -2.44. The number of rotatable bonds is 5. The Morgan fingerprint density at radius 1 is 1.29 bits per heavy atom. The van der Waals surface area contributed by atoms with E-state index in [4.69, 9.17) is 9.47 Å². The van der Waals surface area contributed by atoms with Crippen molar-refractivity contribution in [2.75, 3.05) is 13.2 Å². The minimum atomic E-state index is -0.525. The van der Waals surface area contributed by atoms with Gasteiger partial charge in [-0.2, -0.15) is 0 Å². The molecule has 0 aliphatic carbocycles. The summed E-state index contributed by atoms with van der Waals surface area (Å²) in [7, 11) is 0. The first-order valence-electron chi connectivity index (χ1n) is 7.55. The summed E-state index contributed by atoms with van der Waals surface area (Å²) in [5, 5.41) is 0. The average Bonchev–Trinajstić information content (AvgIpc) is 2.99. The highest BCUT2D eigenvalue weighted by Crippen LogP contribution is 2.27. The zero-order valence-electron chi connectivity index (χ0n) is 12.5. The van der Waals surface area contributed by atoms with Gasteiger partial charge in [0.2, 0.25) is 0 Å². The van der Waals surface area contributed by atoms with Crippen molar-refractivity contribution >= 4 is 0 Å². The van der Waals surface area contributed by atoms with Crippen molar-refractivity contribution in [1.29, 1.82) is 0 Å². The minimum absolute atomic E-state index is 0.525. The van der Waals surface area contributed by atoms with E-state index in [0.717, 1.165) is 32.5 Å². The van der Waals surface area contributed by atoms with Gasteiger partial charge in [0, 0.05) is 18.8 Å². The molecule has 0 amide bonds. The van der Waals surface area contributed by atoms with E-state index in [2.05, 4.69) is 36.2 Å². The zero-order chi connectivity index (χ0) is 14.5. The molecular formula is C17H22N2O2. The molecule has 112 valence electrons. The Balaban J connectivity index is 1.70. The van der Waals surface area contributed by atoms with Crippen LogP contribution in [0.2, 0.25) is 0 Å². The van der Waals surface area contributed by atoms with E-state index in [1.54, 1.807) is 6.20 Å². The number of aromatic nitrogens is 2. The standard InChI is InChI=1S/C17H22N2O2/c1-15-4-2-5-16(12-15)6-7-17(20-10-3-11-21-17)13-19-9-8-18-14-19/h2,4-5,8-9,12,14H,3,6-7,10-11,13H2,1H3. The number of benzene rings is 1. The van der Waals surface area contributed by atoms with Crippen LogP contribution in [-0.4, -0.2) is 28.6 Å². The lowest BCUT2D eigenvalue weighted by Gasteiger charge is -2.37. The largest absolute Gasteiger partial charge is 0.348 e. The van der Waals surface area contributed by atoms with Crippen LogP contribution in [0.3, 0.4) is 0 Å². The van der Waals surface area contributed by atoms with Crippen LogP contribution < -0.4 is 0 Å². The van der Waals surface area contributed by atoms with Crippen molar-refractivity contribution in [2.24, 2.45) is 0 Å². The van der Waals surface area contributed by atoms with E-state index >= 15 is 0 Å². The third-order valence-electron chi connectivity index (χ3n) is 3.88. The molecule has 1 saturated heterocycles. The van der Waals surface area contributed by atoms with Crippen molar-refractivity contribution in [3.63, 3.8) is 0 Å². The fourth-order valence-electron chi connectivity index (χ4n) is 2.79. The van der Waals surface area contributed by atoms with Crippen LogP contribution in [0.25, 0.3) is 0 Å². The normalized spacial score (nSPS) is 17.8. The summed E-state index contributed by atoms with van der Waals surface area (Å²) in [5.74, 6) is -0.525. The van der Waals surface area contributed by atoms with Gasteiger partial charge < -0.3 is 14.0 Å². The highest BCUT2D eigenvalue weighted by Gasteiger charge is 2.34. The van der Waals surface area contributed by atoms with Crippen molar-refractivity contribution in [2.45, 2.75) is 38.5 Å². The van der Waals surface area contributed by atoms with Gasteiger partial charge in [-0.1, -0.05) is 29.8 Å². The second-order valence-electron chi connectivity index (χ2n) is 5.69. The average molecular weight is 286 g/mol. The summed E-state index contributed by atoms with van der Waals surface area (Å²) in [6.45, 7) is 4.35. The number of aryl methyl sites for hydroxylation is 2. The molecule has 4 heteroatoms. The Morgan fingerprint density at radius 3 is 2.86 bits per heavy atom. The first-order chi connectivity index (χ1) is 10.3. The Labute approximate surface area is 125 Å². The molecule has 0 radical (unpaired) electrons. The SMILES string of the molecule is Cc1cccc(CCC2(Cn3ccnc3)OCCCO2)c1. The van der Waals surface area contributed by atoms with Crippen molar-refractivity contribution in [1.82, 2.24) is 9.55 Å². The maximum Gasteiger partial charge on any atom is 0.186 e. The molecule has 1 aromatic heterocycles. The van der Waals surface area contributed by atoms with Crippen molar-refractivity contribution in [3.05, 3.63) is 54.1 Å². The minimum Gasteiger partial charge on any atom is -0.348 e. The highest BCUT2D eigenvalue weighted by molar-refractivity contribution is 5.22. The van der Waals surface area contributed by atoms with Gasteiger partial charge in [0.1, 0.15) is 0 Å². The van der Waals surface area contributed by atoms with E-state index in [9.17, 15) is 0 Å². The Bertz CT molecular complexity index is 560. The van der Waals surface area contributed by atoms with Gasteiger partial charge in [0.25, 0.3) is 0 Å². The summed E-state index contributed by atoms with van der Waals surface area (Å²) in [6.07, 6.45) is 8.34. The molecule has 1 aromatic carbocycles. The predicted octanol–water partition coefficient (Wildman–Crippen LogP) is 2.96. The molecule has 1 aliphatic rings. The highest BCUT2D eigenvalue weighted by atomic mass is 16.7. The number of hydrogen-bond donors (Lipinski definition) is 0. The van der Waals surface area contributed by atoms with E-state index in [0.29, 0.717) is 6.54 Å². The number of imidazole rings is 1. The predicted molar refractivity (Wildman–Crippen MR) is 81.0 cm³/mol. The van der Waals surface area contributed by atoms with Crippen LogP contribution in [0.1, 0.15) is 24.0 Å². The smallest absolute Gasteiger partial charge is 0.186 e. The molecule has 2 heterocycles. The Hall–Kier alpha value is -1.65. The van der Waals surface area contributed by atoms with E-state index in [1.165, 1.54) is 11.1 Å². The first-order valence-corrected chi connectivity index (χ1v) is 7.55. The van der Waals surface area contributed by atoms with Crippen LogP contribution in [0, 0.1) is 6.92 Å². The second-order valence-corrected chi connectivity index (χ2v) is 5.69. The topological polar surface area (TPSA) is 36.3 Å². The molecule has 2 aromatic rings.